The van der Waals surface area contributed by atoms with E-state index in [9.17, 15) is 9.59 Å². The van der Waals surface area contributed by atoms with E-state index in [1.807, 2.05) is 25.7 Å². The average molecular weight is 266 g/mol. The molecule has 1 N–H and O–H groups in total. The lowest BCUT2D eigenvalue weighted by atomic mass is 9.81. The van der Waals surface area contributed by atoms with Gasteiger partial charge in [0.25, 0.3) is 0 Å². The Balaban J connectivity index is 2.19. The van der Waals surface area contributed by atoms with Gasteiger partial charge in [0, 0.05) is 6.04 Å². The molecule has 1 heterocycles. The zero-order chi connectivity index (χ0) is 14.2. The summed E-state index contributed by atoms with van der Waals surface area (Å²) in [7, 11) is 0. The van der Waals surface area contributed by atoms with Crippen LogP contribution in [0.15, 0.2) is 0 Å². The number of amides is 2. The molecule has 4 nitrogen and oxygen atoms in total. The first kappa shape index (κ1) is 14.4. The van der Waals surface area contributed by atoms with Crippen molar-refractivity contribution in [2.75, 3.05) is 6.54 Å². The van der Waals surface area contributed by atoms with Crippen LogP contribution in [-0.4, -0.2) is 35.3 Å². The first-order valence-corrected chi connectivity index (χ1v) is 7.40. The normalized spacial score (nSPS) is 33.3. The summed E-state index contributed by atoms with van der Waals surface area (Å²) in [6.07, 6.45) is 4.61. The lowest BCUT2D eigenvalue weighted by Crippen LogP contribution is -2.65. The molecular formula is C15H26N2O2. The largest absolute Gasteiger partial charge is 0.342 e. The van der Waals surface area contributed by atoms with Crippen molar-refractivity contribution in [1.29, 1.82) is 0 Å². The molecule has 0 aromatic rings. The second-order valence-corrected chi connectivity index (χ2v) is 7.16. The van der Waals surface area contributed by atoms with Crippen molar-refractivity contribution in [2.45, 2.75) is 65.5 Å². The van der Waals surface area contributed by atoms with Crippen molar-refractivity contribution < 1.29 is 9.59 Å². The van der Waals surface area contributed by atoms with E-state index < -0.39 is 0 Å². The number of rotatable bonds is 1. The van der Waals surface area contributed by atoms with Crippen LogP contribution in [-0.2, 0) is 9.59 Å². The van der Waals surface area contributed by atoms with E-state index in [2.05, 4.69) is 12.2 Å². The molecule has 2 aliphatic rings. The number of nitrogens with zero attached hydrogens (tertiary/aromatic N) is 1. The predicted octanol–water partition coefficient (Wildman–Crippen LogP) is 1.94. The minimum absolute atomic E-state index is 0.0164. The third kappa shape index (κ3) is 2.93. The highest BCUT2D eigenvalue weighted by molar-refractivity contribution is 5.95. The van der Waals surface area contributed by atoms with Gasteiger partial charge in [-0.1, -0.05) is 40.5 Å². The number of carbonyl (C=O) groups is 2. The van der Waals surface area contributed by atoms with Gasteiger partial charge in [-0.15, -0.1) is 0 Å². The molecule has 108 valence electrons. The third-order valence-electron chi connectivity index (χ3n) is 4.48. The van der Waals surface area contributed by atoms with Crippen molar-refractivity contribution in [1.82, 2.24) is 10.2 Å². The Morgan fingerprint density at radius 2 is 1.79 bits per heavy atom. The highest BCUT2D eigenvalue weighted by Crippen LogP contribution is 2.31. The van der Waals surface area contributed by atoms with E-state index in [1.165, 1.54) is 12.8 Å². The van der Waals surface area contributed by atoms with E-state index in [4.69, 9.17) is 0 Å². The number of carbonyl (C=O) groups excluding carboxylic acids is 2. The number of nitrogens with one attached hydrogen (secondary N) is 1. The van der Waals surface area contributed by atoms with Crippen LogP contribution in [0.5, 0.6) is 0 Å². The van der Waals surface area contributed by atoms with Crippen LogP contribution >= 0.6 is 0 Å². The summed E-state index contributed by atoms with van der Waals surface area (Å²) in [5, 5.41) is 2.86. The fourth-order valence-corrected chi connectivity index (χ4v) is 3.29. The van der Waals surface area contributed by atoms with Gasteiger partial charge in [-0.3, -0.25) is 9.59 Å². The van der Waals surface area contributed by atoms with Gasteiger partial charge in [-0.2, -0.15) is 0 Å². The zero-order valence-electron chi connectivity index (χ0n) is 12.5. The topological polar surface area (TPSA) is 49.4 Å². The van der Waals surface area contributed by atoms with E-state index in [0.717, 1.165) is 12.8 Å². The van der Waals surface area contributed by atoms with Crippen molar-refractivity contribution in [3.8, 4) is 0 Å². The molecular weight excluding hydrogens is 240 g/mol. The molecule has 3 atom stereocenters. The summed E-state index contributed by atoms with van der Waals surface area (Å²) >= 11 is 0. The van der Waals surface area contributed by atoms with Crippen LogP contribution in [0.4, 0.5) is 0 Å². The van der Waals surface area contributed by atoms with Gasteiger partial charge >= 0.3 is 0 Å². The number of hydrogen-bond donors (Lipinski definition) is 1. The third-order valence-corrected chi connectivity index (χ3v) is 4.48. The van der Waals surface area contributed by atoms with Gasteiger partial charge in [0.2, 0.25) is 11.8 Å². The summed E-state index contributed by atoms with van der Waals surface area (Å²) < 4.78 is 0. The Morgan fingerprint density at radius 1 is 1.16 bits per heavy atom. The summed E-state index contributed by atoms with van der Waals surface area (Å²) in [6, 6.07) is -0.139. The first-order chi connectivity index (χ1) is 8.80. The molecule has 0 aromatic carbocycles. The molecule has 0 aromatic heterocycles. The number of hydrogen-bond acceptors (Lipinski definition) is 2. The Morgan fingerprint density at radius 3 is 2.37 bits per heavy atom. The maximum Gasteiger partial charge on any atom is 0.246 e. The first-order valence-electron chi connectivity index (χ1n) is 7.40. The molecule has 2 amide bonds. The van der Waals surface area contributed by atoms with Crippen molar-refractivity contribution in [3.63, 3.8) is 0 Å². The van der Waals surface area contributed by atoms with E-state index >= 15 is 0 Å². The lowest BCUT2D eigenvalue weighted by Gasteiger charge is -2.45. The summed E-state index contributed by atoms with van der Waals surface area (Å²) in [5.74, 6) is 0.590. The highest BCUT2D eigenvalue weighted by Gasteiger charge is 2.43. The fraction of sp³-hybridized carbons (Fsp3) is 0.867. The Bertz CT molecular complexity index is 373. The van der Waals surface area contributed by atoms with Gasteiger partial charge in [0.15, 0.2) is 0 Å². The van der Waals surface area contributed by atoms with E-state index in [0.29, 0.717) is 5.92 Å². The fourth-order valence-electron chi connectivity index (χ4n) is 3.29. The standard InChI is InChI=1S/C15H26N2O2/c1-10-7-5-6-8-11(10)17-9-12(18)16-13(14(17)19)15(2,3)4/h10-11,13H,5-9H2,1-4H3,(H,16,18). The molecule has 1 saturated heterocycles. The monoisotopic (exact) mass is 266 g/mol. The molecule has 0 radical (unpaired) electrons. The molecule has 1 aliphatic heterocycles. The molecule has 4 heteroatoms. The van der Waals surface area contributed by atoms with Crippen LogP contribution in [0, 0.1) is 11.3 Å². The average Bonchev–Trinajstić information content (AvgIpc) is 2.31. The van der Waals surface area contributed by atoms with E-state index in [1.54, 1.807) is 0 Å². The van der Waals surface area contributed by atoms with Crippen LogP contribution in [0.2, 0.25) is 0 Å². The lowest BCUT2D eigenvalue weighted by molar-refractivity contribution is -0.151. The van der Waals surface area contributed by atoms with Gasteiger partial charge in [0.1, 0.15) is 6.04 Å². The van der Waals surface area contributed by atoms with Gasteiger partial charge in [-0.25, -0.2) is 0 Å². The van der Waals surface area contributed by atoms with Gasteiger partial charge < -0.3 is 10.2 Å². The Kier molecular flexibility index (Phi) is 3.88. The molecule has 0 bridgehead atoms. The van der Waals surface area contributed by atoms with Crippen molar-refractivity contribution in [3.05, 3.63) is 0 Å². The van der Waals surface area contributed by atoms with Crippen LogP contribution < -0.4 is 5.32 Å². The van der Waals surface area contributed by atoms with Gasteiger partial charge in [0.05, 0.1) is 6.54 Å². The molecule has 19 heavy (non-hydrogen) atoms. The summed E-state index contributed by atoms with van der Waals surface area (Å²) in [6.45, 7) is 8.45. The molecule has 3 unspecified atom stereocenters. The molecule has 2 rings (SSSR count). The van der Waals surface area contributed by atoms with Crippen LogP contribution in [0.25, 0.3) is 0 Å². The zero-order valence-corrected chi connectivity index (χ0v) is 12.5. The Labute approximate surface area is 115 Å². The van der Waals surface area contributed by atoms with Crippen molar-refractivity contribution >= 4 is 11.8 Å². The van der Waals surface area contributed by atoms with Crippen LogP contribution in [0.3, 0.4) is 0 Å². The molecule has 2 fully saturated rings. The molecule has 0 spiro atoms. The predicted molar refractivity (Wildman–Crippen MR) is 74.5 cm³/mol. The van der Waals surface area contributed by atoms with Crippen LogP contribution in [0.1, 0.15) is 53.4 Å². The smallest absolute Gasteiger partial charge is 0.246 e. The summed E-state index contributed by atoms with van der Waals surface area (Å²) in [4.78, 5) is 26.4. The maximum atomic E-state index is 12.7. The minimum atomic E-state index is -0.386. The SMILES string of the molecule is CC1CCCCC1N1CC(=O)NC(C(C)(C)C)C1=O. The van der Waals surface area contributed by atoms with Gasteiger partial charge in [-0.05, 0) is 24.2 Å². The molecule has 1 saturated carbocycles. The minimum Gasteiger partial charge on any atom is -0.342 e. The Hall–Kier alpha value is -1.06. The highest BCUT2D eigenvalue weighted by atomic mass is 16.2. The molecule has 1 aliphatic carbocycles. The number of piperazine rings is 1. The second-order valence-electron chi connectivity index (χ2n) is 7.16. The maximum absolute atomic E-state index is 12.7. The van der Waals surface area contributed by atoms with E-state index in [-0.39, 0.29) is 35.9 Å². The summed E-state index contributed by atoms with van der Waals surface area (Å²) in [5.41, 5.74) is -0.233. The second kappa shape index (κ2) is 5.14. The van der Waals surface area contributed by atoms with Crippen molar-refractivity contribution in [2.24, 2.45) is 11.3 Å². The quantitative estimate of drug-likeness (QED) is 0.788.